The van der Waals surface area contributed by atoms with Crippen molar-refractivity contribution in [3.63, 3.8) is 0 Å². The Kier molecular flexibility index (Phi) is 4.39. The van der Waals surface area contributed by atoms with Crippen LogP contribution in [0.3, 0.4) is 0 Å². The molecular formula is C15H24N2O2S. The van der Waals surface area contributed by atoms with Crippen molar-refractivity contribution in [1.82, 2.24) is 4.31 Å². The average molecular weight is 296 g/mol. The zero-order chi connectivity index (χ0) is 14.9. The van der Waals surface area contributed by atoms with E-state index in [0.717, 1.165) is 30.4 Å². The van der Waals surface area contributed by atoms with Crippen LogP contribution in [-0.4, -0.2) is 25.8 Å². The Morgan fingerprint density at radius 2 is 1.70 bits per heavy atom. The first-order valence-corrected chi connectivity index (χ1v) is 8.67. The predicted octanol–water partition coefficient (Wildman–Crippen LogP) is 2.70. The Bertz CT molecular complexity index is 565. The van der Waals surface area contributed by atoms with Crippen LogP contribution in [0.25, 0.3) is 0 Å². The quantitative estimate of drug-likeness (QED) is 0.872. The molecular weight excluding hydrogens is 272 g/mol. The second-order valence-electron chi connectivity index (χ2n) is 5.74. The zero-order valence-corrected chi connectivity index (χ0v) is 13.3. The topological polar surface area (TPSA) is 63.4 Å². The number of hydrogen-bond acceptors (Lipinski definition) is 3. The Hall–Kier alpha value is -1.07. The maximum Gasteiger partial charge on any atom is 0.243 e. The summed E-state index contributed by atoms with van der Waals surface area (Å²) in [7, 11) is -3.39. The fourth-order valence-corrected chi connectivity index (χ4v) is 4.96. The molecule has 1 aliphatic rings. The largest absolute Gasteiger partial charge is 0.399 e. The standard InChI is InChI=1S/C15H24N2O2S/c1-4-13-5-7-17(8-6-13)20(18,19)15-11(2)9-14(16)10-12(15)3/h9-10,13H,4-8,16H2,1-3H3. The lowest BCUT2D eigenvalue weighted by molar-refractivity contribution is 0.269. The van der Waals surface area contributed by atoms with Crippen LogP contribution in [0.1, 0.15) is 37.3 Å². The molecule has 1 aliphatic heterocycles. The van der Waals surface area contributed by atoms with E-state index in [9.17, 15) is 8.42 Å². The first-order chi connectivity index (χ1) is 9.36. The SMILES string of the molecule is CCC1CCN(S(=O)(=O)c2c(C)cc(N)cc2C)CC1. The van der Waals surface area contributed by atoms with Crippen LogP contribution in [0.5, 0.6) is 0 Å². The fourth-order valence-electron chi connectivity index (χ4n) is 3.08. The van der Waals surface area contributed by atoms with Gasteiger partial charge in [0.15, 0.2) is 0 Å². The van der Waals surface area contributed by atoms with Gasteiger partial charge in [-0.3, -0.25) is 0 Å². The highest BCUT2D eigenvalue weighted by Gasteiger charge is 2.31. The molecule has 0 unspecified atom stereocenters. The number of benzene rings is 1. The lowest BCUT2D eigenvalue weighted by atomic mass is 9.96. The first kappa shape index (κ1) is 15.3. The van der Waals surface area contributed by atoms with Gasteiger partial charge in [0.1, 0.15) is 0 Å². The van der Waals surface area contributed by atoms with Gasteiger partial charge in [0, 0.05) is 18.8 Å². The number of nitrogen functional groups attached to an aromatic ring is 1. The summed E-state index contributed by atoms with van der Waals surface area (Å²) in [6.07, 6.45) is 3.05. The van der Waals surface area contributed by atoms with Gasteiger partial charge >= 0.3 is 0 Å². The third-order valence-corrected chi connectivity index (χ3v) is 6.44. The summed E-state index contributed by atoms with van der Waals surface area (Å²) >= 11 is 0. The molecule has 1 aromatic carbocycles. The molecule has 1 aromatic rings. The van der Waals surface area contributed by atoms with E-state index in [2.05, 4.69) is 6.92 Å². The maximum absolute atomic E-state index is 12.8. The van der Waals surface area contributed by atoms with Crippen LogP contribution in [0.4, 0.5) is 5.69 Å². The number of hydrogen-bond donors (Lipinski definition) is 1. The van der Waals surface area contributed by atoms with Gasteiger partial charge in [-0.15, -0.1) is 0 Å². The number of nitrogens with zero attached hydrogens (tertiary/aromatic N) is 1. The molecule has 2 N–H and O–H groups in total. The van der Waals surface area contributed by atoms with E-state index in [0.29, 0.717) is 29.6 Å². The lowest BCUT2D eigenvalue weighted by Crippen LogP contribution is -2.38. The minimum Gasteiger partial charge on any atom is -0.399 e. The van der Waals surface area contributed by atoms with Crippen molar-refractivity contribution < 1.29 is 8.42 Å². The molecule has 0 radical (unpaired) electrons. The molecule has 1 heterocycles. The normalized spacial score (nSPS) is 18.4. The maximum atomic E-state index is 12.8. The second kappa shape index (κ2) is 5.74. The van der Waals surface area contributed by atoms with Gasteiger partial charge in [-0.25, -0.2) is 8.42 Å². The Morgan fingerprint density at radius 3 is 2.15 bits per heavy atom. The molecule has 0 spiro atoms. The molecule has 0 bridgehead atoms. The Balaban J connectivity index is 2.32. The number of piperidine rings is 1. The van der Waals surface area contributed by atoms with E-state index in [1.807, 2.05) is 13.8 Å². The van der Waals surface area contributed by atoms with Crippen LogP contribution in [0, 0.1) is 19.8 Å². The van der Waals surface area contributed by atoms with E-state index >= 15 is 0 Å². The van der Waals surface area contributed by atoms with Gasteiger partial charge in [0.05, 0.1) is 4.90 Å². The van der Waals surface area contributed by atoms with E-state index < -0.39 is 10.0 Å². The summed E-state index contributed by atoms with van der Waals surface area (Å²) < 4.78 is 27.3. The minimum absolute atomic E-state index is 0.432. The Labute approximate surface area is 122 Å². The van der Waals surface area contributed by atoms with Crippen LogP contribution in [-0.2, 0) is 10.0 Å². The highest BCUT2D eigenvalue weighted by atomic mass is 32.2. The van der Waals surface area contributed by atoms with Crippen LogP contribution in [0.2, 0.25) is 0 Å². The monoisotopic (exact) mass is 296 g/mol. The first-order valence-electron chi connectivity index (χ1n) is 7.23. The molecule has 0 atom stereocenters. The number of nitrogens with two attached hydrogens (primary N) is 1. The summed E-state index contributed by atoms with van der Waals surface area (Å²) in [5, 5.41) is 0. The van der Waals surface area contributed by atoms with Crippen molar-refractivity contribution in [3.05, 3.63) is 23.3 Å². The smallest absolute Gasteiger partial charge is 0.243 e. The molecule has 0 aromatic heterocycles. The predicted molar refractivity (Wildman–Crippen MR) is 82.1 cm³/mol. The van der Waals surface area contributed by atoms with Gasteiger partial charge in [-0.05, 0) is 55.9 Å². The van der Waals surface area contributed by atoms with E-state index in [4.69, 9.17) is 5.73 Å². The molecule has 4 nitrogen and oxygen atoms in total. The molecule has 20 heavy (non-hydrogen) atoms. The van der Waals surface area contributed by atoms with Crippen LogP contribution >= 0.6 is 0 Å². The van der Waals surface area contributed by atoms with Crippen molar-refractivity contribution in [1.29, 1.82) is 0 Å². The van der Waals surface area contributed by atoms with E-state index in [-0.39, 0.29) is 0 Å². The lowest BCUT2D eigenvalue weighted by Gasteiger charge is -2.31. The summed E-state index contributed by atoms with van der Waals surface area (Å²) in [4.78, 5) is 0.432. The van der Waals surface area contributed by atoms with E-state index in [1.54, 1.807) is 16.4 Å². The molecule has 1 saturated heterocycles. The molecule has 2 rings (SSSR count). The fraction of sp³-hybridized carbons (Fsp3) is 0.600. The van der Waals surface area contributed by atoms with Gasteiger partial charge in [-0.2, -0.15) is 4.31 Å². The van der Waals surface area contributed by atoms with Crippen LogP contribution < -0.4 is 5.73 Å². The van der Waals surface area contributed by atoms with Crippen LogP contribution in [0.15, 0.2) is 17.0 Å². The second-order valence-corrected chi connectivity index (χ2v) is 7.61. The van der Waals surface area contributed by atoms with Crippen molar-refractivity contribution in [2.75, 3.05) is 18.8 Å². The molecule has 0 saturated carbocycles. The van der Waals surface area contributed by atoms with Gasteiger partial charge in [0.25, 0.3) is 0 Å². The van der Waals surface area contributed by atoms with E-state index in [1.165, 1.54) is 0 Å². The zero-order valence-electron chi connectivity index (χ0n) is 12.5. The molecule has 0 amide bonds. The molecule has 1 fully saturated rings. The number of sulfonamides is 1. The summed E-state index contributed by atoms with van der Waals surface area (Å²) in [6, 6.07) is 3.47. The highest BCUT2D eigenvalue weighted by Crippen LogP contribution is 2.29. The number of anilines is 1. The third kappa shape index (κ3) is 2.83. The third-order valence-electron chi connectivity index (χ3n) is 4.23. The van der Waals surface area contributed by atoms with Gasteiger partial charge < -0.3 is 5.73 Å². The van der Waals surface area contributed by atoms with Gasteiger partial charge in [0.2, 0.25) is 10.0 Å². The van der Waals surface area contributed by atoms with Crippen molar-refractivity contribution in [3.8, 4) is 0 Å². The van der Waals surface area contributed by atoms with Crippen molar-refractivity contribution >= 4 is 15.7 Å². The van der Waals surface area contributed by atoms with Crippen molar-refractivity contribution in [2.45, 2.75) is 44.9 Å². The van der Waals surface area contributed by atoms with Crippen molar-refractivity contribution in [2.24, 2.45) is 5.92 Å². The number of aryl methyl sites for hydroxylation is 2. The minimum atomic E-state index is -3.39. The summed E-state index contributed by atoms with van der Waals surface area (Å²) in [5.74, 6) is 0.662. The number of rotatable bonds is 3. The molecule has 0 aliphatic carbocycles. The average Bonchev–Trinajstić information content (AvgIpc) is 2.37. The molecule has 112 valence electrons. The Morgan fingerprint density at radius 1 is 1.20 bits per heavy atom. The molecule has 5 heteroatoms. The summed E-state index contributed by atoms with van der Waals surface area (Å²) in [5.41, 5.74) is 7.86. The van der Waals surface area contributed by atoms with Gasteiger partial charge in [-0.1, -0.05) is 13.3 Å². The summed E-state index contributed by atoms with van der Waals surface area (Å²) in [6.45, 7) is 7.06. The highest BCUT2D eigenvalue weighted by molar-refractivity contribution is 7.89.